The molecule has 0 aromatic carbocycles. The predicted molar refractivity (Wildman–Crippen MR) is 63.8 cm³/mol. The quantitative estimate of drug-likeness (QED) is 0.807. The van der Waals surface area contributed by atoms with Crippen LogP contribution >= 0.6 is 0 Å². The van der Waals surface area contributed by atoms with Crippen LogP contribution in [-0.2, 0) is 12.8 Å². The molecule has 0 aliphatic rings. The summed E-state index contributed by atoms with van der Waals surface area (Å²) in [6.07, 6.45) is 5.36. The number of unbranched alkanes of at least 4 members (excludes halogenated alkanes) is 1. The first-order chi connectivity index (χ1) is 7.19. The first kappa shape index (κ1) is 12.0. The first-order valence-corrected chi connectivity index (χ1v) is 5.80. The van der Waals surface area contributed by atoms with E-state index in [4.69, 9.17) is 5.73 Å². The van der Waals surface area contributed by atoms with E-state index in [1.807, 2.05) is 6.92 Å². The molecule has 0 radical (unpaired) electrons. The highest BCUT2D eigenvalue weighted by molar-refractivity contribution is 5.41. The SMILES string of the molecule is CCCCc1nc(CCC)nc(N)c1C. The molecule has 0 aliphatic heterocycles. The molecule has 0 amide bonds. The lowest BCUT2D eigenvalue weighted by atomic mass is 10.1. The number of nitrogens with zero attached hydrogens (tertiary/aromatic N) is 2. The highest BCUT2D eigenvalue weighted by Gasteiger charge is 2.07. The van der Waals surface area contributed by atoms with Crippen molar-refractivity contribution in [2.75, 3.05) is 5.73 Å². The maximum atomic E-state index is 5.87. The molecule has 0 saturated heterocycles. The molecular formula is C12H21N3. The highest BCUT2D eigenvalue weighted by Crippen LogP contribution is 2.15. The summed E-state index contributed by atoms with van der Waals surface area (Å²) in [6, 6.07) is 0. The molecular weight excluding hydrogens is 186 g/mol. The predicted octanol–water partition coefficient (Wildman–Crippen LogP) is 2.66. The van der Waals surface area contributed by atoms with Gasteiger partial charge in [0.2, 0.25) is 0 Å². The third-order valence-electron chi connectivity index (χ3n) is 2.57. The van der Waals surface area contributed by atoms with E-state index < -0.39 is 0 Å². The minimum absolute atomic E-state index is 0.652. The van der Waals surface area contributed by atoms with Gasteiger partial charge in [0.25, 0.3) is 0 Å². The third-order valence-corrected chi connectivity index (χ3v) is 2.57. The zero-order valence-electron chi connectivity index (χ0n) is 10.0. The second kappa shape index (κ2) is 5.69. The largest absolute Gasteiger partial charge is 0.383 e. The second-order valence-electron chi connectivity index (χ2n) is 3.95. The normalized spacial score (nSPS) is 10.6. The average molecular weight is 207 g/mol. The van der Waals surface area contributed by atoms with Gasteiger partial charge in [0.15, 0.2) is 0 Å². The van der Waals surface area contributed by atoms with Crippen LogP contribution in [0.3, 0.4) is 0 Å². The van der Waals surface area contributed by atoms with Crippen molar-refractivity contribution >= 4 is 5.82 Å². The molecule has 3 nitrogen and oxygen atoms in total. The van der Waals surface area contributed by atoms with Crippen molar-refractivity contribution in [1.82, 2.24) is 9.97 Å². The maximum Gasteiger partial charge on any atom is 0.131 e. The zero-order valence-corrected chi connectivity index (χ0v) is 10.0. The van der Waals surface area contributed by atoms with Gasteiger partial charge in [0, 0.05) is 17.7 Å². The molecule has 2 N–H and O–H groups in total. The lowest BCUT2D eigenvalue weighted by Crippen LogP contribution is -2.07. The molecule has 1 heterocycles. The summed E-state index contributed by atoms with van der Waals surface area (Å²) < 4.78 is 0. The molecule has 0 bridgehead atoms. The Balaban J connectivity index is 2.91. The smallest absolute Gasteiger partial charge is 0.131 e. The fraction of sp³-hybridized carbons (Fsp3) is 0.667. The van der Waals surface area contributed by atoms with Gasteiger partial charge in [-0.05, 0) is 26.2 Å². The molecule has 0 aliphatic carbocycles. The standard InChI is InChI=1S/C12H21N3/c1-4-6-8-10-9(3)12(13)15-11(14-10)7-5-2/h4-8H2,1-3H3,(H2,13,14,15). The molecule has 0 spiro atoms. The summed E-state index contributed by atoms with van der Waals surface area (Å²) in [5.41, 5.74) is 8.06. The Morgan fingerprint density at radius 2 is 1.80 bits per heavy atom. The van der Waals surface area contributed by atoms with Gasteiger partial charge in [0.05, 0.1) is 0 Å². The summed E-state index contributed by atoms with van der Waals surface area (Å²) in [5, 5.41) is 0. The minimum atomic E-state index is 0.652. The molecule has 1 rings (SSSR count). The van der Waals surface area contributed by atoms with Gasteiger partial charge < -0.3 is 5.73 Å². The van der Waals surface area contributed by atoms with E-state index in [0.29, 0.717) is 5.82 Å². The van der Waals surface area contributed by atoms with Crippen LogP contribution < -0.4 is 5.73 Å². The van der Waals surface area contributed by atoms with Gasteiger partial charge in [-0.25, -0.2) is 9.97 Å². The van der Waals surface area contributed by atoms with Crippen LogP contribution in [0.4, 0.5) is 5.82 Å². The summed E-state index contributed by atoms with van der Waals surface area (Å²) in [5.74, 6) is 1.55. The van der Waals surface area contributed by atoms with Crippen molar-refractivity contribution in [1.29, 1.82) is 0 Å². The Labute approximate surface area is 92.1 Å². The van der Waals surface area contributed by atoms with E-state index in [1.165, 1.54) is 12.8 Å². The second-order valence-corrected chi connectivity index (χ2v) is 3.95. The van der Waals surface area contributed by atoms with Crippen molar-refractivity contribution in [3.63, 3.8) is 0 Å². The monoisotopic (exact) mass is 207 g/mol. The lowest BCUT2D eigenvalue weighted by Gasteiger charge is -2.09. The van der Waals surface area contributed by atoms with E-state index in [-0.39, 0.29) is 0 Å². The maximum absolute atomic E-state index is 5.87. The van der Waals surface area contributed by atoms with Crippen molar-refractivity contribution < 1.29 is 0 Å². The van der Waals surface area contributed by atoms with E-state index >= 15 is 0 Å². The van der Waals surface area contributed by atoms with E-state index in [1.54, 1.807) is 0 Å². The molecule has 15 heavy (non-hydrogen) atoms. The number of rotatable bonds is 5. The average Bonchev–Trinajstić information content (AvgIpc) is 2.21. The van der Waals surface area contributed by atoms with Crippen LogP contribution in [0, 0.1) is 6.92 Å². The number of nitrogen functional groups attached to an aromatic ring is 1. The summed E-state index contributed by atoms with van der Waals surface area (Å²) in [7, 11) is 0. The Morgan fingerprint density at radius 3 is 2.40 bits per heavy atom. The van der Waals surface area contributed by atoms with Gasteiger partial charge in [-0.3, -0.25) is 0 Å². The van der Waals surface area contributed by atoms with Crippen LogP contribution in [0.5, 0.6) is 0 Å². The molecule has 3 heteroatoms. The number of aromatic nitrogens is 2. The molecule has 0 saturated carbocycles. The third kappa shape index (κ3) is 3.18. The molecule has 0 atom stereocenters. The van der Waals surface area contributed by atoms with Crippen molar-refractivity contribution in [2.24, 2.45) is 0 Å². The minimum Gasteiger partial charge on any atom is -0.383 e. The molecule has 0 fully saturated rings. The van der Waals surface area contributed by atoms with Crippen molar-refractivity contribution in [3.05, 3.63) is 17.1 Å². The van der Waals surface area contributed by atoms with Gasteiger partial charge in [-0.2, -0.15) is 0 Å². The van der Waals surface area contributed by atoms with Crippen LogP contribution in [0.25, 0.3) is 0 Å². The summed E-state index contributed by atoms with van der Waals surface area (Å²) in [4.78, 5) is 8.87. The van der Waals surface area contributed by atoms with Gasteiger partial charge >= 0.3 is 0 Å². The fourth-order valence-electron chi connectivity index (χ4n) is 1.56. The summed E-state index contributed by atoms with van der Waals surface area (Å²) >= 11 is 0. The van der Waals surface area contributed by atoms with Crippen molar-refractivity contribution in [3.8, 4) is 0 Å². The summed E-state index contributed by atoms with van der Waals surface area (Å²) in [6.45, 7) is 6.33. The van der Waals surface area contributed by atoms with Gasteiger partial charge in [-0.15, -0.1) is 0 Å². The number of nitrogens with two attached hydrogens (primary N) is 1. The molecule has 1 aromatic rings. The number of hydrogen-bond donors (Lipinski definition) is 1. The number of hydrogen-bond acceptors (Lipinski definition) is 3. The topological polar surface area (TPSA) is 51.8 Å². The van der Waals surface area contributed by atoms with E-state index in [9.17, 15) is 0 Å². The van der Waals surface area contributed by atoms with Gasteiger partial charge in [0.1, 0.15) is 11.6 Å². The fourth-order valence-corrected chi connectivity index (χ4v) is 1.56. The zero-order chi connectivity index (χ0) is 11.3. The van der Waals surface area contributed by atoms with Crippen LogP contribution in [0.1, 0.15) is 50.2 Å². The van der Waals surface area contributed by atoms with Crippen LogP contribution in [0.15, 0.2) is 0 Å². The van der Waals surface area contributed by atoms with Crippen molar-refractivity contribution in [2.45, 2.75) is 52.9 Å². The molecule has 1 aromatic heterocycles. The Kier molecular flexibility index (Phi) is 4.53. The molecule has 84 valence electrons. The van der Waals surface area contributed by atoms with Crippen LogP contribution in [0.2, 0.25) is 0 Å². The Bertz CT molecular complexity index is 321. The van der Waals surface area contributed by atoms with E-state index in [2.05, 4.69) is 23.8 Å². The Morgan fingerprint density at radius 1 is 1.07 bits per heavy atom. The van der Waals surface area contributed by atoms with Crippen LogP contribution in [-0.4, -0.2) is 9.97 Å². The number of aryl methyl sites for hydroxylation is 2. The van der Waals surface area contributed by atoms with Gasteiger partial charge in [-0.1, -0.05) is 20.3 Å². The van der Waals surface area contributed by atoms with E-state index in [0.717, 1.165) is 36.3 Å². The molecule has 0 unspecified atom stereocenters. The first-order valence-electron chi connectivity index (χ1n) is 5.80. The highest BCUT2D eigenvalue weighted by atomic mass is 14.9. The number of anilines is 1. The lowest BCUT2D eigenvalue weighted by molar-refractivity contribution is 0.746. The Hall–Kier alpha value is -1.12.